The Labute approximate surface area is 159 Å². The second-order valence-electron chi connectivity index (χ2n) is 6.82. The van der Waals surface area contributed by atoms with Gasteiger partial charge in [0.05, 0.1) is 0 Å². The average molecular weight is 346 g/mol. The summed E-state index contributed by atoms with van der Waals surface area (Å²) >= 11 is 0. The van der Waals surface area contributed by atoms with Gasteiger partial charge in [-0.05, 0) is 61.8 Å². The lowest BCUT2D eigenvalue weighted by molar-refractivity contribution is 0.904. The number of benzene rings is 2. The number of nitrogens with one attached hydrogen (secondary N) is 1. The zero-order valence-electron chi connectivity index (χ0n) is 16.4. The number of hydrogen-bond donors (Lipinski definition) is 1. The third kappa shape index (κ3) is 6.76. The number of rotatable bonds is 5. The first kappa shape index (κ1) is 19.8. The monoisotopic (exact) mass is 345 g/mol. The second kappa shape index (κ2) is 10.5. The molecule has 0 fully saturated rings. The fraction of sp³-hybridized carbons (Fsp3) is 0.280. The summed E-state index contributed by atoms with van der Waals surface area (Å²) in [6.07, 6.45) is 8.95. The SMILES string of the molecule is C=C(C)NC1=CCCC=C1C.CCc1cccc(Cc2ccccc2)c1. The van der Waals surface area contributed by atoms with Crippen molar-refractivity contribution in [3.05, 3.63) is 107 Å². The van der Waals surface area contributed by atoms with Crippen LogP contribution in [0.4, 0.5) is 0 Å². The standard InChI is InChI=1S/C15H16.C10H15N/c1-2-13-9-6-10-15(11-13)12-14-7-4-3-5-8-14;1-8(2)11-10-7-5-4-6-9(10)3/h3-11H,2,12H2,1H3;6-7,11H,1,4-5H2,2-3H3. The lowest BCUT2D eigenvalue weighted by atomic mass is 10.0. The van der Waals surface area contributed by atoms with Crippen molar-refractivity contribution >= 4 is 0 Å². The maximum atomic E-state index is 3.80. The van der Waals surface area contributed by atoms with Crippen LogP contribution in [-0.2, 0) is 12.8 Å². The summed E-state index contributed by atoms with van der Waals surface area (Å²) in [7, 11) is 0. The molecule has 26 heavy (non-hydrogen) atoms. The molecular weight excluding hydrogens is 314 g/mol. The van der Waals surface area contributed by atoms with Crippen molar-refractivity contribution in [1.29, 1.82) is 0 Å². The highest BCUT2D eigenvalue weighted by molar-refractivity contribution is 5.32. The largest absolute Gasteiger partial charge is 0.360 e. The van der Waals surface area contributed by atoms with Gasteiger partial charge in [-0.3, -0.25) is 0 Å². The molecule has 0 aliphatic heterocycles. The van der Waals surface area contributed by atoms with Gasteiger partial charge < -0.3 is 5.32 Å². The molecular formula is C25H31N. The molecule has 1 N–H and O–H groups in total. The lowest BCUT2D eigenvalue weighted by Crippen LogP contribution is -2.12. The molecule has 2 aromatic rings. The first-order valence-corrected chi connectivity index (χ1v) is 9.50. The summed E-state index contributed by atoms with van der Waals surface area (Å²) in [6, 6.07) is 19.5. The molecule has 0 bridgehead atoms. The Morgan fingerprint density at radius 1 is 0.923 bits per heavy atom. The van der Waals surface area contributed by atoms with Crippen LogP contribution in [0.25, 0.3) is 0 Å². The van der Waals surface area contributed by atoms with E-state index in [1.807, 2.05) is 6.92 Å². The summed E-state index contributed by atoms with van der Waals surface area (Å²) in [5, 5.41) is 3.23. The van der Waals surface area contributed by atoms with Crippen molar-refractivity contribution in [2.45, 2.75) is 46.5 Å². The minimum atomic E-state index is 1.01. The van der Waals surface area contributed by atoms with Crippen molar-refractivity contribution < 1.29 is 0 Å². The van der Waals surface area contributed by atoms with Gasteiger partial charge in [0.1, 0.15) is 0 Å². The van der Waals surface area contributed by atoms with Gasteiger partial charge in [0.15, 0.2) is 0 Å². The van der Waals surface area contributed by atoms with Gasteiger partial charge in [-0.2, -0.15) is 0 Å². The summed E-state index contributed by atoms with van der Waals surface area (Å²) in [6.45, 7) is 10.1. The minimum absolute atomic E-state index is 1.01. The van der Waals surface area contributed by atoms with Crippen LogP contribution in [0.2, 0.25) is 0 Å². The van der Waals surface area contributed by atoms with Crippen molar-refractivity contribution in [2.24, 2.45) is 0 Å². The zero-order chi connectivity index (χ0) is 18.8. The van der Waals surface area contributed by atoms with E-state index < -0.39 is 0 Å². The first-order valence-electron chi connectivity index (χ1n) is 9.50. The van der Waals surface area contributed by atoms with Gasteiger partial charge in [0.25, 0.3) is 0 Å². The van der Waals surface area contributed by atoms with E-state index in [2.05, 4.69) is 92.5 Å². The number of hydrogen-bond acceptors (Lipinski definition) is 1. The highest BCUT2D eigenvalue weighted by Gasteiger charge is 2.02. The molecule has 0 heterocycles. The summed E-state index contributed by atoms with van der Waals surface area (Å²) in [5.41, 5.74) is 7.77. The molecule has 3 rings (SSSR count). The van der Waals surface area contributed by atoms with Gasteiger partial charge in [0, 0.05) is 11.4 Å². The zero-order valence-corrected chi connectivity index (χ0v) is 16.4. The van der Waals surface area contributed by atoms with Crippen LogP contribution in [-0.4, -0.2) is 0 Å². The van der Waals surface area contributed by atoms with Gasteiger partial charge in [-0.15, -0.1) is 0 Å². The predicted molar refractivity (Wildman–Crippen MR) is 114 cm³/mol. The van der Waals surface area contributed by atoms with Crippen molar-refractivity contribution in [1.82, 2.24) is 5.32 Å². The van der Waals surface area contributed by atoms with E-state index >= 15 is 0 Å². The highest BCUT2D eigenvalue weighted by Crippen LogP contribution is 2.16. The van der Waals surface area contributed by atoms with Crippen LogP contribution in [0.15, 0.2) is 90.3 Å². The fourth-order valence-corrected chi connectivity index (χ4v) is 2.97. The third-order valence-electron chi connectivity index (χ3n) is 4.39. The molecule has 0 amide bonds. The maximum absolute atomic E-state index is 3.80. The van der Waals surface area contributed by atoms with Gasteiger partial charge in [0.2, 0.25) is 0 Å². The van der Waals surface area contributed by atoms with Gasteiger partial charge >= 0.3 is 0 Å². The molecule has 0 aromatic heterocycles. The van der Waals surface area contributed by atoms with Gasteiger partial charge in [-0.25, -0.2) is 0 Å². The molecule has 1 aliphatic carbocycles. The fourth-order valence-electron chi connectivity index (χ4n) is 2.97. The highest BCUT2D eigenvalue weighted by atomic mass is 14.9. The lowest BCUT2D eigenvalue weighted by Gasteiger charge is -2.14. The predicted octanol–water partition coefficient (Wildman–Crippen LogP) is 6.57. The topological polar surface area (TPSA) is 12.0 Å². The third-order valence-corrected chi connectivity index (χ3v) is 4.39. The van der Waals surface area contributed by atoms with E-state index in [9.17, 15) is 0 Å². The van der Waals surface area contributed by atoms with Crippen molar-refractivity contribution in [3.63, 3.8) is 0 Å². The average Bonchev–Trinajstić information content (AvgIpc) is 2.65. The van der Waals surface area contributed by atoms with Crippen LogP contribution in [0.3, 0.4) is 0 Å². The molecule has 0 saturated carbocycles. The Morgan fingerprint density at radius 3 is 2.23 bits per heavy atom. The Balaban J connectivity index is 0.000000197. The van der Waals surface area contributed by atoms with E-state index in [1.54, 1.807) is 0 Å². The van der Waals surface area contributed by atoms with Crippen molar-refractivity contribution in [2.75, 3.05) is 0 Å². The minimum Gasteiger partial charge on any atom is -0.360 e. The molecule has 0 saturated heterocycles. The van der Waals surface area contributed by atoms with Crippen LogP contribution in [0.1, 0.15) is 50.3 Å². The molecule has 136 valence electrons. The molecule has 1 aliphatic rings. The van der Waals surface area contributed by atoms with E-state index in [-0.39, 0.29) is 0 Å². The number of aryl methyl sites for hydroxylation is 1. The smallest absolute Gasteiger partial charge is 0.0367 e. The molecule has 0 atom stereocenters. The summed E-state index contributed by atoms with van der Waals surface area (Å²) in [4.78, 5) is 0. The molecule has 2 aromatic carbocycles. The Bertz CT molecular complexity index is 766. The van der Waals surface area contributed by atoms with Crippen LogP contribution >= 0.6 is 0 Å². The van der Waals surface area contributed by atoms with E-state index in [4.69, 9.17) is 0 Å². The molecule has 0 radical (unpaired) electrons. The number of allylic oxidation sites excluding steroid dienone is 4. The van der Waals surface area contributed by atoms with E-state index in [1.165, 1.54) is 34.4 Å². The second-order valence-corrected chi connectivity index (χ2v) is 6.82. The quantitative estimate of drug-likeness (QED) is 0.646. The van der Waals surface area contributed by atoms with Crippen LogP contribution < -0.4 is 5.32 Å². The van der Waals surface area contributed by atoms with Crippen LogP contribution in [0, 0.1) is 0 Å². The normalized spacial score (nSPS) is 13.0. The Morgan fingerprint density at radius 2 is 1.58 bits per heavy atom. The summed E-state index contributed by atoms with van der Waals surface area (Å²) < 4.78 is 0. The van der Waals surface area contributed by atoms with Crippen molar-refractivity contribution in [3.8, 4) is 0 Å². The Kier molecular flexibility index (Phi) is 7.95. The molecule has 0 spiro atoms. The van der Waals surface area contributed by atoms with E-state index in [0.717, 1.165) is 25.0 Å². The first-order chi connectivity index (χ1) is 12.6. The van der Waals surface area contributed by atoms with E-state index in [0.29, 0.717) is 0 Å². The maximum Gasteiger partial charge on any atom is 0.0367 e. The molecule has 1 nitrogen and oxygen atoms in total. The Hall–Kier alpha value is -2.54. The summed E-state index contributed by atoms with van der Waals surface area (Å²) in [5.74, 6) is 0. The van der Waals surface area contributed by atoms with Gasteiger partial charge in [-0.1, -0.05) is 80.3 Å². The van der Waals surface area contributed by atoms with Crippen LogP contribution in [0.5, 0.6) is 0 Å². The molecule has 0 unspecified atom stereocenters. The molecule has 1 heteroatoms.